The largest absolute Gasteiger partial charge is 0.444 e. The molecule has 0 fully saturated rings. The van der Waals surface area contributed by atoms with Crippen molar-refractivity contribution in [3.63, 3.8) is 0 Å². The Balaban J connectivity index is 0.00000288. The van der Waals surface area contributed by atoms with Gasteiger partial charge in [-0.2, -0.15) is 0 Å². The molecule has 24 heavy (non-hydrogen) atoms. The topological polar surface area (TPSA) is 64.6 Å². The van der Waals surface area contributed by atoms with Crippen molar-refractivity contribution in [3.05, 3.63) is 35.4 Å². The molecule has 5 nitrogen and oxygen atoms in total. The van der Waals surface area contributed by atoms with Crippen molar-refractivity contribution in [2.45, 2.75) is 64.9 Å². The zero-order valence-corrected chi connectivity index (χ0v) is 15.4. The molecule has 0 saturated heterocycles. The van der Waals surface area contributed by atoms with Gasteiger partial charge in [0.15, 0.2) is 5.78 Å². The van der Waals surface area contributed by atoms with Crippen LogP contribution in [-0.2, 0) is 20.7 Å². The maximum Gasteiger partial charge on any atom is 0.408 e. The maximum atomic E-state index is 12.7. The van der Waals surface area contributed by atoms with Crippen LogP contribution in [0.5, 0.6) is 0 Å². The minimum Gasteiger partial charge on any atom is -0.444 e. The number of hydrogen-bond donors (Lipinski definition) is 1. The quantitative estimate of drug-likeness (QED) is 0.900. The number of ether oxygens (including phenoxy) is 2. The third kappa shape index (κ3) is 5.73. The van der Waals surface area contributed by atoms with E-state index in [-0.39, 0.29) is 49.6 Å². The Bertz CT molecular complexity index is 595. The summed E-state index contributed by atoms with van der Waals surface area (Å²) in [5, 5.41) is 2.68. The summed E-state index contributed by atoms with van der Waals surface area (Å²) in [5.74, 6) is -0.136. The first-order chi connectivity index (χ1) is 10.7. The Morgan fingerprint density at radius 3 is 2.46 bits per heavy atom. The molecule has 1 N–H and O–H groups in total. The maximum absolute atomic E-state index is 12.7. The molecule has 0 aliphatic heterocycles. The van der Waals surface area contributed by atoms with Gasteiger partial charge in [0.2, 0.25) is 0 Å². The number of amides is 1. The van der Waals surface area contributed by atoms with Crippen molar-refractivity contribution < 1.29 is 56.8 Å². The molecule has 2 rings (SSSR count). The van der Waals surface area contributed by atoms with E-state index < -0.39 is 23.8 Å². The molecule has 0 heterocycles. The molecule has 2 unspecified atom stereocenters. The average molecular weight is 359 g/mol. The van der Waals surface area contributed by atoms with E-state index in [0.29, 0.717) is 6.42 Å². The minimum atomic E-state index is -0.653. The van der Waals surface area contributed by atoms with Gasteiger partial charge in [0.1, 0.15) is 11.7 Å². The van der Waals surface area contributed by atoms with Gasteiger partial charge in [-0.3, -0.25) is 4.79 Å². The Morgan fingerprint density at radius 2 is 1.88 bits per heavy atom. The number of rotatable bonds is 3. The second-order valence-electron chi connectivity index (χ2n) is 7.07. The molecule has 6 heteroatoms. The standard InChI is InChI=1S/C18H25NO4.Ar/c1-11(2)22-16-13-9-7-6-8-12(13)10-14(15(16)20)19-17(21)23-18(3,4)5;/h6-9,11,14,16H,10H2,1-5H3,(H,19,21);. The van der Waals surface area contributed by atoms with Crippen molar-refractivity contribution in [2.75, 3.05) is 0 Å². The fourth-order valence-corrected chi connectivity index (χ4v) is 2.62. The predicted octanol–water partition coefficient (Wildman–Crippen LogP) is 3.17. The zero-order chi connectivity index (χ0) is 17.2. The molecule has 1 aromatic rings. The van der Waals surface area contributed by atoms with Gasteiger partial charge in [-0.05, 0) is 45.7 Å². The van der Waals surface area contributed by atoms with Crippen LogP contribution in [0.3, 0.4) is 0 Å². The molecule has 0 saturated carbocycles. The van der Waals surface area contributed by atoms with Gasteiger partial charge in [-0.25, -0.2) is 4.79 Å². The van der Waals surface area contributed by atoms with Gasteiger partial charge < -0.3 is 14.8 Å². The molecule has 0 aromatic heterocycles. The molecule has 0 bridgehead atoms. The molecule has 0 spiro atoms. The number of fused-ring (bicyclic) bond motifs is 1. The molecule has 0 radical (unpaired) electrons. The van der Waals surface area contributed by atoms with E-state index in [4.69, 9.17) is 9.47 Å². The van der Waals surface area contributed by atoms with Gasteiger partial charge >= 0.3 is 6.09 Å². The number of carbonyl (C=O) groups is 2. The van der Waals surface area contributed by atoms with Gasteiger partial charge in [0, 0.05) is 44.2 Å². The molecule has 2 atom stereocenters. The molecule has 1 aromatic carbocycles. The summed E-state index contributed by atoms with van der Waals surface area (Å²) >= 11 is 0. The third-order valence-corrected chi connectivity index (χ3v) is 3.46. The van der Waals surface area contributed by atoms with Crippen LogP contribution in [0.25, 0.3) is 0 Å². The van der Waals surface area contributed by atoms with Gasteiger partial charge in [0.05, 0.1) is 12.1 Å². The molecule has 1 aliphatic carbocycles. The van der Waals surface area contributed by atoms with Gasteiger partial charge in [0.25, 0.3) is 0 Å². The fourth-order valence-electron chi connectivity index (χ4n) is 2.62. The Hall–Kier alpha value is -0.620. The van der Waals surface area contributed by atoms with Crippen LogP contribution in [0, 0.1) is 37.7 Å². The average Bonchev–Trinajstić information content (AvgIpc) is 2.41. The summed E-state index contributed by atoms with van der Waals surface area (Å²) in [6.07, 6.45) is -0.873. The van der Waals surface area contributed by atoms with Crippen LogP contribution in [0.1, 0.15) is 51.8 Å². The monoisotopic (exact) mass is 359 g/mol. The van der Waals surface area contributed by atoms with Crippen LogP contribution in [-0.4, -0.2) is 29.6 Å². The SMILES string of the molecule is CC(C)OC1C(=O)C(NC(=O)OC(C)(C)C)Cc2ccccc21.[Ar]. The van der Waals surface area contributed by atoms with E-state index in [0.717, 1.165) is 11.1 Å². The summed E-state index contributed by atoms with van der Waals surface area (Å²) in [6.45, 7) is 9.14. The first-order valence-electron chi connectivity index (χ1n) is 7.94. The second kappa shape index (κ2) is 8.65. The van der Waals surface area contributed by atoms with Crippen LogP contribution < -0.4 is 5.32 Å². The van der Waals surface area contributed by atoms with E-state index in [1.54, 1.807) is 20.8 Å². The molecular weight excluding hydrogens is 334 g/mol. The second-order valence-corrected chi connectivity index (χ2v) is 7.07. The summed E-state index contributed by atoms with van der Waals surface area (Å²) in [7, 11) is 0. The van der Waals surface area contributed by atoms with Crippen LogP contribution in [0.4, 0.5) is 4.79 Å². The third-order valence-electron chi connectivity index (χ3n) is 3.46. The molecule has 1 aliphatic rings. The van der Waals surface area contributed by atoms with Crippen LogP contribution in [0.15, 0.2) is 24.3 Å². The number of Topliss-reactive ketones (excluding diaryl/α,β-unsaturated/α-hetero) is 1. The van der Waals surface area contributed by atoms with Crippen molar-refractivity contribution in [3.8, 4) is 0 Å². The number of ketones is 1. The smallest absolute Gasteiger partial charge is 0.408 e. The first-order valence-corrected chi connectivity index (χ1v) is 7.94. The van der Waals surface area contributed by atoms with Crippen molar-refractivity contribution >= 4 is 11.9 Å². The van der Waals surface area contributed by atoms with E-state index in [1.165, 1.54) is 0 Å². The van der Waals surface area contributed by atoms with E-state index in [9.17, 15) is 9.59 Å². The minimum absolute atomic E-state index is 0. The molecule has 134 valence electrons. The fraction of sp³-hybridized carbons (Fsp3) is 0.556. The van der Waals surface area contributed by atoms with Crippen molar-refractivity contribution in [1.82, 2.24) is 5.32 Å². The van der Waals surface area contributed by atoms with E-state index in [2.05, 4.69) is 5.32 Å². The number of alkyl carbamates (subject to hydrolysis) is 1. The number of carbonyl (C=O) groups excluding carboxylic acids is 2. The van der Waals surface area contributed by atoms with Crippen molar-refractivity contribution in [2.24, 2.45) is 0 Å². The number of nitrogens with one attached hydrogen (secondary N) is 1. The van der Waals surface area contributed by atoms with Gasteiger partial charge in [-0.15, -0.1) is 0 Å². The van der Waals surface area contributed by atoms with Crippen LogP contribution >= 0.6 is 0 Å². The molecule has 1 amide bonds. The Labute approximate surface area is 173 Å². The normalized spacial score (nSPS) is 20.2. The Morgan fingerprint density at radius 1 is 1.25 bits per heavy atom. The Kier molecular flexibility index (Phi) is 7.73. The summed E-state index contributed by atoms with van der Waals surface area (Å²) < 4.78 is 11.1. The van der Waals surface area contributed by atoms with E-state index >= 15 is 0 Å². The first kappa shape index (κ1) is 21.4. The summed E-state index contributed by atoms with van der Waals surface area (Å²) in [4.78, 5) is 24.7. The summed E-state index contributed by atoms with van der Waals surface area (Å²) in [6, 6.07) is 7.05. The number of benzene rings is 1. The van der Waals surface area contributed by atoms with Crippen LogP contribution in [0.2, 0.25) is 0 Å². The van der Waals surface area contributed by atoms with Crippen molar-refractivity contribution in [1.29, 1.82) is 0 Å². The summed E-state index contributed by atoms with van der Waals surface area (Å²) in [5.41, 5.74) is 1.29. The number of hydrogen-bond acceptors (Lipinski definition) is 4. The zero-order valence-electron chi connectivity index (χ0n) is 14.7. The molecular formula is C18H25ArNO4. The van der Waals surface area contributed by atoms with E-state index in [1.807, 2.05) is 38.1 Å². The van der Waals surface area contributed by atoms with Gasteiger partial charge in [-0.1, -0.05) is 24.3 Å². The predicted molar refractivity (Wildman–Crippen MR) is 87.3 cm³/mol.